The maximum absolute atomic E-state index is 13.0. The first-order chi connectivity index (χ1) is 9.10. The Morgan fingerprint density at radius 3 is 2.68 bits per heavy atom. The lowest BCUT2D eigenvalue weighted by molar-refractivity contribution is 0.102. The maximum atomic E-state index is 13.0. The van der Waals surface area contributed by atoms with Crippen LogP contribution in [0.25, 0.3) is 0 Å². The van der Waals surface area contributed by atoms with Crippen LogP contribution in [0.15, 0.2) is 30.6 Å². The molecule has 19 heavy (non-hydrogen) atoms. The molecule has 6 nitrogen and oxygen atoms in total. The van der Waals surface area contributed by atoms with Crippen LogP contribution < -0.4 is 16.6 Å². The van der Waals surface area contributed by atoms with E-state index in [4.69, 9.17) is 17.4 Å². The van der Waals surface area contributed by atoms with Crippen molar-refractivity contribution < 1.29 is 9.18 Å². The quantitative estimate of drug-likeness (QED) is 0.589. The number of nitrogen functional groups attached to an aromatic ring is 1. The van der Waals surface area contributed by atoms with E-state index in [2.05, 4.69) is 20.7 Å². The van der Waals surface area contributed by atoms with Crippen molar-refractivity contribution in [3.63, 3.8) is 0 Å². The number of halogens is 2. The van der Waals surface area contributed by atoms with Crippen LogP contribution in [0, 0.1) is 5.82 Å². The monoisotopic (exact) mass is 281 g/mol. The van der Waals surface area contributed by atoms with Gasteiger partial charge in [0.25, 0.3) is 5.91 Å². The fourth-order valence-electron chi connectivity index (χ4n) is 1.29. The number of carbonyl (C=O) groups is 1. The molecule has 0 saturated heterocycles. The van der Waals surface area contributed by atoms with Crippen molar-refractivity contribution in [2.45, 2.75) is 0 Å². The Hall–Kier alpha value is -2.25. The van der Waals surface area contributed by atoms with Gasteiger partial charge in [0, 0.05) is 5.69 Å². The molecule has 0 atom stereocenters. The minimum atomic E-state index is -0.558. The van der Waals surface area contributed by atoms with Gasteiger partial charge >= 0.3 is 0 Å². The molecule has 0 spiro atoms. The van der Waals surface area contributed by atoms with Gasteiger partial charge in [0.1, 0.15) is 11.5 Å². The Morgan fingerprint density at radius 1 is 1.32 bits per heavy atom. The summed E-state index contributed by atoms with van der Waals surface area (Å²) in [7, 11) is 0. The molecule has 0 aliphatic heterocycles. The van der Waals surface area contributed by atoms with Gasteiger partial charge in [-0.25, -0.2) is 20.2 Å². The van der Waals surface area contributed by atoms with Crippen molar-refractivity contribution in [2.75, 3.05) is 10.7 Å². The highest BCUT2D eigenvalue weighted by Crippen LogP contribution is 2.19. The average molecular weight is 282 g/mol. The molecule has 2 rings (SSSR count). The standard InChI is InChI=1S/C11H9ClFN5O/c12-7-3-6(1-2-8(7)13)17-11(19)9-4-16-10(18-14)5-15-9/h1-5H,14H2,(H,16,18)(H,17,19). The third-order valence-corrected chi connectivity index (χ3v) is 2.50. The first-order valence-corrected chi connectivity index (χ1v) is 5.53. The Kier molecular flexibility index (Phi) is 3.88. The predicted octanol–water partition coefficient (Wildman–Crippen LogP) is 1.81. The minimum Gasteiger partial charge on any atom is -0.321 e. The summed E-state index contributed by atoms with van der Waals surface area (Å²) < 4.78 is 13.0. The number of hydrazine groups is 1. The lowest BCUT2D eigenvalue weighted by atomic mass is 10.3. The van der Waals surface area contributed by atoms with E-state index in [0.717, 1.165) is 6.07 Å². The Labute approximate surface area is 112 Å². The zero-order valence-electron chi connectivity index (χ0n) is 9.52. The number of nitrogens with zero attached hydrogens (tertiary/aromatic N) is 2. The van der Waals surface area contributed by atoms with Crippen LogP contribution in [0.2, 0.25) is 5.02 Å². The highest BCUT2D eigenvalue weighted by molar-refractivity contribution is 6.31. The smallest absolute Gasteiger partial charge is 0.275 e. The summed E-state index contributed by atoms with van der Waals surface area (Å²) in [5, 5.41) is 2.44. The van der Waals surface area contributed by atoms with Gasteiger partial charge in [-0.15, -0.1) is 0 Å². The number of carbonyl (C=O) groups excluding carboxylic acids is 1. The third-order valence-electron chi connectivity index (χ3n) is 2.21. The molecule has 0 aliphatic rings. The van der Waals surface area contributed by atoms with Gasteiger partial charge in [-0.1, -0.05) is 11.6 Å². The Morgan fingerprint density at radius 2 is 2.11 bits per heavy atom. The zero-order valence-corrected chi connectivity index (χ0v) is 10.3. The molecule has 0 bridgehead atoms. The van der Waals surface area contributed by atoms with Crippen LogP contribution in [0.5, 0.6) is 0 Å². The first-order valence-electron chi connectivity index (χ1n) is 5.15. The molecule has 0 radical (unpaired) electrons. The zero-order chi connectivity index (χ0) is 13.8. The van der Waals surface area contributed by atoms with Crippen LogP contribution in [0.4, 0.5) is 15.9 Å². The van der Waals surface area contributed by atoms with Gasteiger partial charge in [-0.3, -0.25) is 4.79 Å². The Bertz CT molecular complexity index is 605. The predicted molar refractivity (Wildman–Crippen MR) is 69.2 cm³/mol. The molecule has 0 unspecified atom stereocenters. The molecule has 1 amide bonds. The summed E-state index contributed by atoms with van der Waals surface area (Å²) in [6.45, 7) is 0. The van der Waals surface area contributed by atoms with E-state index in [1.165, 1.54) is 24.5 Å². The van der Waals surface area contributed by atoms with Crippen LogP contribution in [0.3, 0.4) is 0 Å². The van der Waals surface area contributed by atoms with Gasteiger partial charge < -0.3 is 10.7 Å². The van der Waals surface area contributed by atoms with E-state index in [1.807, 2.05) is 0 Å². The molecular formula is C11H9ClFN5O. The van der Waals surface area contributed by atoms with E-state index >= 15 is 0 Å². The van der Waals surface area contributed by atoms with Crippen LogP contribution in [-0.2, 0) is 0 Å². The highest BCUT2D eigenvalue weighted by Gasteiger charge is 2.09. The third kappa shape index (κ3) is 3.15. The van der Waals surface area contributed by atoms with Gasteiger partial charge in [0.2, 0.25) is 0 Å². The summed E-state index contributed by atoms with van der Waals surface area (Å²) in [4.78, 5) is 19.5. The number of anilines is 2. The van der Waals surface area contributed by atoms with Gasteiger partial charge in [-0.2, -0.15) is 0 Å². The number of benzene rings is 1. The second kappa shape index (κ2) is 5.59. The average Bonchev–Trinajstić information content (AvgIpc) is 2.43. The second-order valence-electron chi connectivity index (χ2n) is 3.51. The largest absolute Gasteiger partial charge is 0.321 e. The molecule has 8 heteroatoms. The highest BCUT2D eigenvalue weighted by atomic mass is 35.5. The lowest BCUT2D eigenvalue weighted by Gasteiger charge is -2.05. The summed E-state index contributed by atoms with van der Waals surface area (Å²) in [5.74, 6) is 4.42. The summed E-state index contributed by atoms with van der Waals surface area (Å²) in [6.07, 6.45) is 2.57. The number of nitrogens with one attached hydrogen (secondary N) is 2. The van der Waals surface area contributed by atoms with E-state index in [1.54, 1.807) is 0 Å². The summed E-state index contributed by atoms with van der Waals surface area (Å²) >= 11 is 5.61. The SMILES string of the molecule is NNc1cnc(C(=O)Nc2ccc(F)c(Cl)c2)cn1. The van der Waals surface area contributed by atoms with Crippen molar-refractivity contribution in [3.05, 3.63) is 47.1 Å². The van der Waals surface area contributed by atoms with Crippen molar-refractivity contribution in [1.29, 1.82) is 0 Å². The van der Waals surface area contributed by atoms with Crippen molar-refractivity contribution in [1.82, 2.24) is 9.97 Å². The number of amides is 1. The molecule has 0 saturated carbocycles. The van der Waals surface area contributed by atoms with E-state index in [-0.39, 0.29) is 10.7 Å². The molecule has 1 aromatic carbocycles. The topological polar surface area (TPSA) is 92.9 Å². The van der Waals surface area contributed by atoms with Crippen LogP contribution in [-0.4, -0.2) is 15.9 Å². The Balaban J connectivity index is 2.13. The first kappa shape index (κ1) is 13.2. The van der Waals surface area contributed by atoms with Gasteiger partial charge in [0.05, 0.1) is 17.4 Å². The van der Waals surface area contributed by atoms with Gasteiger partial charge in [-0.05, 0) is 18.2 Å². The number of nitrogens with two attached hydrogens (primary N) is 1. The molecule has 2 aromatic rings. The normalized spacial score (nSPS) is 10.1. The minimum absolute atomic E-state index is 0.0773. The molecule has 1 aromatic heterocycles. The molecule has 0 fully saturated rings. The number of hydrogen-bond donors (Lipinski definition) is 3. The molecule has 0 aliphatic carbocycles. The second-order valence-corrected chi connectivity index (χ2v) is 3.92. The van der Waals surface area contributed by atoms with Crippen LogP contribution >= 0.6 is 11.6 Å². The molecule has 1 heterocycles. The summed E-state index contributed by atoms with van der Waals surface area (Å²) in [6, 6.07) is 3.85. The van der Waals surface area contributed by atoms with Crippen molar-refractivity contribution in [2.24, 2.45) is 5.84 Å². The summed E-state index contributed by atoms with van der Waals surface area (Å²) in [5.41, 5.74) is 2.75. The fourth-order valence-corrected chi connectivity index (χ4v) is 1.47. The maximum Gasteiger partial charge on any atom is 0.275 e. The van der Waals surface area contributed by atoms with Crippen molar-refractivity contribution in [3.8, 4) is 0 Å². The molecule has 98 valence electrons. The van der Waals surface area contributed by atoms with E-state index < -0.39 is 11.7 Å². The van der Waals surface area contributed by atoms with Crippen LogP contribution in [0.1, 0.15) is 10.5 Å². The molecule has 4 N–H and O–H groups in total. The fraction of sp³-hybridized carbons (Fsp3) is 0. The number of hydrogen-bond acceptors (Lipinski definition) is 5. The lowest BCUT2D eigenvalue weighted by Crippen LogP contribution is -2.15. The van der Waals surface area contributed by atoms with E-state index in [0.29, 0.717) is 11.5 Å². The van der Waals surface area contributed by atoms with Gasteiger partial charge in [0.15, 0.2) is 5.82 Å². The number of aromatic nitrogens is 2. The van der Waals surface area contributed by atoms with E-state index in [9.17, 15) is 9.18 Å². The number of rotatable bonds is 3. The molecular weight excluding hydrogens is 273 g/mol. The van der Waals surface area contributed by atoms with Crippen molar-refractivity contribution >= 4 is 29.0 Å².